The Morgan fingerprint density at radius 3 is 2.45 bits per heavy atom. The second-order valence-corrected chi connectivity index (χ2v) is 8.26. The summed E-state index contributed by atoms with van der Waals surface area (Å²) in [5.74, 6) is 0.665. The first-order valence-corrected chi connectivity index (χ1v) is 10.6. The van der Waals surface area contributed by atoms with Crippen LogP contribution in [0.15, 0.2) is 57.9 Å². The monoisotopic (exact) mass is 456 g/mol. The summed E-state index contributed by atoms with van der Waals surface area (Å²) in [4.78, 5) is 21.8. The fourth-order valence-electron chi connectivity index (χ4n) is 3.75. The smallest absolute Gasteiger partial charge is 0.251 e. The standard InChI is InChI=1S/C22H25BrN4O2/c1-29-19-14-21-20(24-15-19)6-7-22(28)27(21)13-12-25-8-10-26(11-9-25)16-17-2-4-18(23)5-3-17/h2-7,14-15H,8-13,16H2,1H3. The molecule has 0 unspecified atom stereocenters. The maximum atomic E-state index is 12.4. The summed E-state index contributed by atoms with van der Waals surface area (Å²) in [5.41, 5.74) is 2.97. The van der Waals surface area contributed by atoms with E-state index >= 15 is 0 Å². The molecule has 152 valence electrons. The number of fused-ring (bicyclic) bond motifs is 1. The van der Waals surface area contributed by atoms with E-state index in [9.17, 15) is 4.79 Å². The number of aromatic nitrogens is 2. The molecule has 0 spiro atoms. The van der Waals surface area contributed by atoms with Gasteiger partial charge in [-0.1, -0.05) is 28.1 Å². The lowest BCUT2D eigenvalue weighted by Crippen LogP contribution is -2.47. The van der Waals surface area contributed by atoms with Gasteiger partial charge in [0.15, 0.2) is 0 Å². The van der Waals surface area contributed by atoms with Gasteiger partial charge in [-0.15, -0.1) is 0 Å². The molecule has 1 aliphatic heterocycles. The molecule has 7 heteroatoms. The summed E-state index contributed by atoms with van der Waals surface area (Å²) >= 11 is 3.49. The number of methoxy groups -OCH3 is 1. The number of ether oxygens (including phenoxy) is 1. The zero-order valence-corrected chi connectivity index (χ0v) is 18.1. The van der Waals surface area contributed by atoms with Crippen molar-refractivity contribution in [1.82, 2.24) is 19.4 Å². The minimum atomic E-state index is 0.00132. The Kier molecular flexibility index (Phi) is 6.28. The van der Waals surface area contributed by atoms with Gasteiger partial charge in [0.1, 0.15) is 5.75 Å². The number of rotatable bonds is 6. The highest BCUT2D eigenvalue weighted by Gasteiger charge is 2.17. The van der Waals surface area contributed by atoms with Crippen LogP contribution in [0, 0.1) is 0 Å². The van der Waals surface area contributed by atoms with Gasteiger partial charge in [-0.3, -0.25) is 19.6 Å². The minimum absolute atomic E-state index is 0.00132. The normalized spacial score (nSPS) is 15.7. The summed E-state index contributed by atoms with van der Waals surface area (Å²) < 4.78 is 8.20. The van der Waals surface area contributed by atoms with Crippen LogP contribution in [0.5, 0.6) is 5.75 Å². The highest BCUT2D eigenvalue weighted by Crippen LogP contribution is 2.17. The number of piperazine rings is 1. The first-order chi connectivity index (χ1) is 14.1. The van der Waals surface area contributed by atoms with Crippen LogP contribution >= 0.6 is 15.9 Å². The van der Waals surface area contributed by atoms with Crippen molar-refractivity contribution < 1.29 is 4.74 Å². The second-order valence-electron chi connectivity index (χ2n) is 7.35. The number of halogens is 1. The van der Waals surface area contributed by atoms with Crippen molar-refractivity contribution in [3.8, 4) is 5.75 Å². The van der Waals surface area contributed by atoms with Crippen LogP contribution in [-0.2, 0) is 13.1 Å². The van der Waals surface area contributed by atoms with Crippen LogP contribution in [0.3, 0.4) is 0 Å². The third-order valence-electron chi connectivity index (χ3n) is 5.47. The van der Waals surface area contributed by atoms with Crippen LogP contribution in [0.4, 0.5) is 0 Å². The van der Waals surface area contributed by atoms with Gasteiger partial charge in [-0.05, 0) is 23.8 Å². The Labute approximate surface area is 178 Å². The molecule has 1 aliphatic rings. The first-order valence-electron chi connectivity index (χ1n) is 9.85. The highest BCUT2D eigenvalue weighted by molar-refractivity contribution is 9.10. The lowest BCUT2D eigenvalue weighted by atomic mass is 10.2. The molecule has 29 heavy (non-hydrogen) atoms. The third-order valence-corrected chi connectivity index (χ3v) is 6.00. The topological polar surface area (TPSA) is 50.6 Å². The number of hydrogen-bond donors (Lipinski definition) is 0. The van der Waals surface area contributed by atoms with Crippen molar-refractivity contribution in [3.63, 3.8) is 0 Å². The van der Waals surface area contributed by atoms with Gasteiger partial charge < -0.3 is 9.30 Å². The van der Waals surface area contributed by atoms with Crippen molar-refractivity contribution in [3.05, 3.63) is 69.1 Å². The molecule has 0 amide bonds. The molecule has 6 nitrogen and oxygen atoms in total. The fraction of sp³-hybridized carbons (Fsp3) is 0.364. The van der Waals surface area contributed by atoms with Crippen LogP contribution < -0.4 is 10.3 Å². The lowest BCUT2D eigenvalue weighted by molar-refractivity contribution is 0.124. The molecule has 1 saturated heterocycles. The van der Waals surface area contributed by atoms with Gasteiger partial charge in [0, 0.05) is 62.4 Å². The Hall–Kier alpha value is -2.22. The lowest BCUT2D eigenvalue weighted by Gasteiger charge is -2.34. The summed E-state index contributed by atoms with van der Waals surface area (Å²) in [6.45, 7) is 6.58. The fourth-order valence-corrected chi connectivity index (χ4v) is 4.02. The van der Waals surface area contributed by atoms with Crippen LogP contribution in [-0.4, -0.2) is 59.2 Å². The molecule has 2 aromatic heterocycles. The molecule has 0 aliphatic carbocycles. The van der Waals surface area contributed by atoms with E-state index in [1.54, 1.807) is 30.0 Å². The maximum absolute atomic E-state index is 12.4. The maximum Gasteiger partial charge on any atom is 0.251 e. The average molecular weight is 457 g/mol. The molecule has 0 bridgehead atoms. The van der Waals surface area contributed by atoms with Gasteiger partial charge in [0.05, 0.1) is 24.3 Å². The highest BCUT2D eigenvalue weighted by atomic mass is 79.9. The number of pyridine rings is 2. The molecule has 1 fully saturated rings. The largest absolute Gasteiger partial charge is 0.495 e. The van der Waals surface area contributed by atoms with E-state index in [1.807, 2.05) is 6.07 Å². The summed E-state index contributed by atoms with van der Waals surface area (Å²) in [6.07, 6.45) is 1.68. The predicted octanol–water partition coefficient (Wildman–Crippen LogP) is 2.99. The molecule has 3 heterocycles. The van der Waals surface area contributed by atoms with Gasteiger partial charge >= 0.3 is 0 Å². The van der Waals surface area contributed by atoms with E-state index < -0.39 is 0 Å². The molecule has 0 N–H and O–H groups in total. The SMILES string of the molecule is COc1cnc2ccc(=O)n(CCN3CCN(Cc4ccc(Br)cc4)CC3)c2c1. The van der Waals surface area contributed by atoms with Crippen molar-refractivity contribution >= 4 is 27.0 Å². The van der Waals surface area contributed by atoms with E-state index in [1.165, 1.54) is 5.56 Å². The Morgan fingerprint density at radius 2 is 1.72 bits per heavy atom. The summed E-state index contributed by atoms with van der Waals surface area (Å²) in [7, 11) is 1.61. The minimum Gasteiger partial charge on any atom is -0.495 e. The third kappa shape index (κ3) is 4.86. The molecule has 4 rings (SSSR count). The molecule has 0 atom stereocenters. The molecule has 0 radical (unpaired) electrons. The van der Waals surface area contributed by atoms with Crippen molar-refractivity contribution in [2.24, 2.45) is 0 Å². The number of nitrogens with zero attached hydrogens (tertiary/aromatic N) is 4. The molecule has 1 aromatic carbocycles. The zero-order valence-electron chi connectivity index (χ0n) is 16.6. The molecule has 3 aromatic rings. The molecular formula is C22H25BrN4O2. The zero-order chi connectivity index (χ0) is 20.2. The average Bonchev–Trinajstić information content (AvgIpc) is 2.75. The first kappa shape index (κ1) is 20.1. The van der Waals surface area contributed by atoms with Gasteiger partial charge in [-0.25, -0.2) is 0 Å². The number of benzene rings is 1. The Bertz CT molecular complexity index is 1030. The predicted molar refractivity (Wildman–Crippen MR) is 118 cm³/mol. The number of hydrogen-bond acceptors (Lipinski definition) is 5. The molecular weight excluding hydrogens is 432 g/mol. The summed E-state index contributed by atoms with van der Waals surface area (Å²) in [5, 5.41) is 0. The van der Waals surface area contributed by atoms with Crippen LogP contribution in [0.1, 0.15) is 5.56 Å². The van der Waals surface area contributed by atoms with E-state index in [-0.39, 0.29) is 5.56 Å². The van der Waals surface area contributed by atoms with Crippen LogP contribution in [0.2, 0.25) is 0 Å². The van der Waals surface area contributed by atoms with E-state index in [4.69, 9.17) is 4.74 Å². The quantitative estimate of drug-likeness (QED) is 0.570. The van der Waals surface area contributed by atoms with Crippen molar-refractivity contribution in [2.75, 3.05) is 39.8 Å². The van der Waals surface area contributed by atoms with E-state index in [0.29, 0.717) is 12.3 Å². The Morgan fingerprint density at radius 1 is 1.00 bits per heavy atom. The second kappa shape index (κ2) is 9.07. The van der Waals surface area contributed by atoms with Gasteiger partial charge in [0.2, 0.25) is 0 Å². The Balaban J connectivity index is 1.36. The molecule has 0 saturated carbocycles. The van der Waals surface area contributed by atoms with Crippen molar-refractivity contribution in [2.45, 2.75) is 13.1 Å². The van der Waals surface area contributed by atoms with E-state index in [2.05, 4.69) is 55.0 Å². The van der Waals surface area contributed by atoms with E-state index in [0.717, 1.165) is 54.8 Å². The van der Waals surface area contributed by atoms with Crippen molar-refractivity contribution in [1.29, 1.82) is 0 Å². The van der Waals surface area contributed by atoms with Gasteiger partial charge in [0.25, 0.3) is 5.56 Å². The van der Waals surface area contributed by atoms with Crippen LogP contribution in [0.25, 0.3) is 11.0 Å². The van der Waals surface area contributed by atoms with Gasteiger partial charge in [-0.2, -0.15) is 0 Å². The summed E-state index contributed by atoms with van der Waals surface area (Å²) in [6, 6.07) is 13.8.